The highest BCUT2D eigenvalue weighted by Crippen LogP contribution is 2.34. The van der Waals surface area contributed by atoms with Crippen molar-refractivity contribution in [2.45, 2.75) is 19.0 Å². The highest BCUT2D eigenvalue weighted by atomic mass is 32.2. The van der Waals surface area contributed by atoms with Crippen molar-refractivity contribution in [1.82, 2.24) is 4.90 Å². The fraction of sp³-hybridized carbons (Fsp3) is 0.318. The SMILES string of the molecule is COc1ccc(-c2coc3c4c(ccc3c2=O)OCN([C@@H]2CCS(=O)(=O)C2)C4)cc1. The van der Waals surface area contributed by atoms with E-state index in [2.05, 4.69) is 0 Å². The molecule has 0 bridgehead atoms. The molecule has 156 valence electrons. The quantitative estimate of drug-likeness (QED) is 0.635. The molecule has 0 unspecified atom stereocenters. The van der Waals surface area contributed by atoms with Crippen molar-refractivity contribution >= 4 is 20.8 Å². The summed E-state index contributed by atoms with van der Waals surface area (Å²) in [6.45, 7) is 0.810. The van der Waals surface area contributed by atoms with Gasteiger partial charge in [-0.25, -0.2) is 8.42 Å². The summed E-state index contributed by atoms with van der Waals surface area (Å²) in [5.74, 6) is 1.72. The second-order valence-electron chi connectivity index (χ2n) is 7.70. The Labute approximate surface area is 173 Å². The summed E-state index contributed by atoms with van der Waals surface area (Å²) < 4.78 is 40.7. The molecule has 0 aliphatic carbocycles. The van der Waals surface area contributed by atoms with Crippen molar-refractivity contribution in [1.29, 1.82) is 0 Å². The van der Waals surface area contributed by atoms with Crippen LogP contribution in [0.1, 0.15) is 12.0 Å². The Hall–Kier alpha value is -2.84. The Balaban J connectivity index is 1.53. The van der Waals surface area contributed by atoms with Crippen LogP contribution in [0, 0.1) is 0 Å². The largest absolute Gasteiger partial charge is 0.497 e. The second-order valence-corrected chi connectivity index (χ2v) is 9.93. The van der Waals surface area contributed by atoms with Gasteiger partial charge in [-0.2, -0.15) is 0 Å². The molecule has 0 saturated carbocycles. The second kappa shape index (κ2) is 7.14. The van der Waals surface area contributed by atoms with Gasteiger partial charge in [0.1, 0.15) is 30.1 Å². The average Bonchev–Trinajstić information content (AvgIpc) is 3.13. The smallest absolute Gasteiger partial charge is 0.200 e. The first-order valence-corrected chi connectivity index (χ1v) is 11.6. The van der Waals surface area contributed by atoms with Crippen LogP contribution in [0.15, 0.2) is 51.9 Å². The topological polar surface area (TPSA) is 86.1 Å². The molecule has 30 heavy (non-hydrogen) atoms. The van der Waals surface area contributed by atoms with Crippen molar-refractivity contribution in [2.24, 2.45) is 0 Å². The van der Waals surface area contributed by atoms with Crippen LogP contribution in [0.2, 0.25) is 0 Å². The third kappa shape index (κ3) is 3.26. The van der Waals surface area contributed by atoms with Crippen LogP contribution in [0.3, 0.4) is 0 Å². The predicted molar refractivity (Wildman–Crippen MR) is 113 cm³/mol. The molecule has 5 rings (SSSR count). The lowest BCUT2D eigenvalue weighted by molar-refractivity contribution is 0.0649. The van der Waals surface area contributed by atoms with Crippen LogP contribution in [-0.2, 0) is 16.4 Å². The molecule has 0 spiro atoms. The lowest BCUT2D eigenvalue weighted by atomic mass is 10.0. The van der Waals surface area contributed by atoms with Gasteiger partial charge in [0.15, 0.2) is 9.84 Å². The van der Waals surface area contributed by atoms with Crippen molar-refractivity contribution in [3.8, 4) is 22.6 Å². The molecule has 2 aliphatic rings. The number of fused-ring (bicyclic) bond motifs is 3. The summed E-state index contributed by atoms with van der Waals surface area (Å²) in [5, 5.41) is 0.478. The van der Waals surface area contributed by atoms with Gasteiger partial charge in [0.2, 0.25) is 5.43 Å². The third-order valence-electron chi connectivity index (χ3n) is 5.87. The van der Waals surface area contributed by atoms with Crippen LogP contribution in [-0.4, -0.2) is 44.7 Å². The molecule has 1 fully saturated rings. The Bertz CT molecular complexity index is 1280. The van der Waals surface area contributed by atoms with Gasteiger partial charge in [-0.15, -0.1) is 0 Å². The van der Waals surface area contributed by atoms with E-state index in [4.69, 9.17) is 13.9 Å². The number of nitrogens with zero attached hydrogens (tertiary/aromatic N) is 1. The molecule has 0 radical (unpaired) electrons. The first-order valence-electron chi connectivity index (χ1n) is 9.74. The van der Waals surface area contributed by atoms with E-state index in [0.29, 0.717) is 47.7 Å². The van der Waals surface area contributed by atoms with Crippen LogP contribution in [0.4, 0.5) is 0 Å². The lowest BCUT2D eigenvalue weighted by Crippen LogP contribution is -2.41. The van der Waals surface area contributed by atoms with E-state index >= 15 is 0 Å². The summed E-state index contributed by atoms with van der Waals surface area (Å²) in [6.07, 6.45) is 2.07. The highest BCUT2D eigenvalue weighted by Gasteiger charge is 2.35. The van der Waals surface area contributed by atoms with Gasteiger partial charge in [0.05, 0.1) is 35.1 Å². The van der Waals surface area contributed by atoms with E-state index in [1.165, 1.54) is 6.26 Å². The number of benzene rings is 2. The summed E-state index contributed by atoms with van der Waals surface area (Å²) in [4.78, 5) is 15.2. The van der Waals surface area contributed by atoms with Gasteiger partial charge < -0.3 is 13.9 Å². The fourth-order valence-corrected chi connectivity index (χ4v) is 5.95. The molecule has 0 N–H and O–H groups in total. The van der Waals surface area contributed by atoms with E-state index in [-0.39, 0.29) is 23.0 Å². The zero-order valence-electron chi connectivity index (χ0n) is 16.5. The maximum atomic E-state index is 13.2. The van der Waals surface area contributed by atoms with Crippen LogP contribution in [0.25, 0.3) is 22.1 Å². The fourth-order valence-electron chi connectivity index (χ4n) is 4.19. The summed E-state index contributed by atoms with van der Waals surface area (Å²) in [7, 11) is -1.40. The zero-order chi connectivity index (χ0) is 20.9. The molecule has 7 nitrogen and oxygen atoms in total. The first-order chi connectivity index (χ1) is 14.4. The maximum absolute atomic E-state index is 13.2. The standard InChI is InChI=1S/C22H21NO6S/c1-27-16-4-2-14(3-5-16)19-11-28-22-17(21(19)24)6-7-20-18(22)10-23(13-29-20)15-8-9-30(25,26)12-15/h2-7,11,15H,8-10,12-13H2,1H3/t15-/m1/s1. The van der Waals surface area contributed by atoms with Gasteiger partial charge in [-0.1, -0.05) is 12.1 Å². The minimum atomic E-state index is -2.99. The minimum Gasteiger partial charge on any atom is -0.497 e. The number of ether oxygens (including phenoxy) is 2. The number of hydrogen-bond donors (Lipinski definition) is 0. The first kappa shape index (κ1) is 19.1. The van der Waals surface area contributed by atoms with Gasteiger partial charge in [-0.3, -0.25) is 9.69 Å². The van der Waals surface area contributed by atoms with Gasteiger partial charge in [-0.05, 0) is 36.2 Å². The number of sulfone groups is 1. The van der Waals surface area contributed by atoms with Gasteiger partial charge in [0.25, 0.3) is 0 Å². The average molecular weight is 427 g/mol. The lowest BCUT2D eigenvalue weighted by Gasteiger charge is -2.33. The van der Waals surface area contributed by atoms with Gasteiger partial charge in [0, 0.05) is 12.6 Å². The number of hydrogen-bond acceptors (Lipinski definition) is 7. The van der Waals surface area contributed by atoms with Gasteiger partial charge >= 0.3 is 0 Å². The van der Waals surface area contributed by atoms with Crippen LogP contribution >= 0.6 is 0 Å². The highest BCUT2D eigenvalue weighted by molar-refractivity contribution is 7.91. The molecule has 2 aliphatic heterocycles. The van der Waals surface area contributed by atoms with Crippen molar-refractivity contribution in [3.05, 3.63) is 58.4 Å². The molecule has 8 heteroatoms. The molecular formula is C22H21NO6S. The van der Waals surface area contributed by atoms with Crippen molar-refractivity contribution in [3.63, 3.8) is 0 Å². The van der Waals surface area contributed by atoms with E-state index in [0.717, 1.165) is 11.1 Å². The zero-order valence-corrected chi connectivity index (χ0v) is 17.3. The monoisotopic (exact) mass is 427 g/mol. The maximum Gasteiger partial charge on any atom is 0.200 e. The van der Waals surface area contributed by atoms with E-state index < -0.39 is 9.84 Å². The molecule has 0 amide bonds. The Morgan fingerprint density at radius 2 is 1.93 bits per heavy atom. The predicted octanol–water partition coefficient (Wildman–Crippen LogP) is 2.81. The molecule has 3 heterocycles. The number of rotatable bonds is 3. The molecule has 3 aromatic rings. The molecule has 1 saturated heterocycles. The summed E-state index contributed by atoms with van der Waals surface area (Å²) in [6, 6.07) is 10.7. The number of methoxy groups -OCH3 is 1. The summed E-state index contributed by atoms with van der Waals surface area (Å²) in [5.41, 5.74) is 2.37. The van der Waals surface area contributed by atoms with E-state index in [1.54, 1.807) is 31.4 Å². The normalized spacial score (nSPS) is 20.6. The van der Waals surface area contributed by atoms with Crippen LogP contribution < -0.4 is 14.9 Å². The van der Waals surface area contributed by atoms with Crippen LogP contribution in [0.5, 0.6) is 11.5 Å². The molecule has 1 atom stereocenters. The van der Waals surface area contributed by atoms with Crippen molar-refractivity contribution in [2.75, 3.05) is 25.3 Å². The van der Waals surface area contributed by atoms with Crippen molar-refractivity contribution < 1.29 is 22.3 Å². The molecule has 2 aromatic carbocycles. The molecule has 1 aromatic heterocycles. The minimum absolute atomic E-state index is 0.0799. The third-order valence-corrected chi connectivity index (χ3v) is 7.62. The Morgan fingerprint density at radius 3 is 2.63 bits per heavy atom. The van der Waals surface area contributed by atoms with E-state index in [1.807, 2.05) is 17.0 Å². The Morgan fingerprint density at radius 1 is 1.13 bits per heavy atom. The Kier molecular flexibility index (Phi) is 4.56. The molecular weight excluding hydrogens is 406 g/mol. The summed E-state index contributed by atoms with van der Waals surface area (Å²) >= 11 is 0. The van der Waals surface area contributed by atoms with E-state index in [9.17, 15) is 13.2 Å².